The van der Waals surface area contributed by atoms with Crippen molar-refractivity contribution in [2.24, 2.45) is 0 Å². The second kappa shape index (κ2) is 9.59. The number of nitrogens with one attached hydrogen (secondary N) is 2. The molecule has 0 spiro atoms. The number of carbonyl (C=O) groups excluding carboxylic acids is 4. The van der Waals surface area contributed by atoms with Crippen LogP contribution in [0.15, 0.2) is 48.8 Å². The fourth-order valence-electron chi connectivity index (χ4n) is 3.05. The van der Waals surface area contributed by atoms with Crippen LogP contribution in [0.1, 0.15) is 50.3 Å². The van der Waals surface area contributed by atoms with Crippen molar-refractivity contribution < 1.29 is 19.2 Å². The molecule has 1 aromatic carbocycles. The fraction of sp³-hybridized carbons (Fsp3) is 0.286. The number of amides is 4. The third kappa shape index (κ3) is 5.04. The molecule has 29 heavy (non-hydrogen) atoms. The molecule has 2 aromatic rings. The van der Waals surface area contributed by atoms with Crippen molar-refractivity contribution in [1.29, 1.82) is 0 Å². The second-order valence-corrected chi connectivity index (χ2v) is 6.61. The molecule has 8 heteroatoms. The summed E-state index contributed by atoms with van der Waals surface area (Å²) in [6.45, 7) is 1.07. The Hall–Kier alpha value is -3.55. The summed E-state index contributed by atoms with van der Waals surface area (Å²) < 4.78 is 0. The molecule has 0 aliphatic carbocycles. The van der Waals surface area contributed by atoms with Crippen LogP contribution in [0.3, 0.4) is 0 Å². The van der Waals surface area contributed by atoms with Crippen LogP contribution in [0.2, 0.25) is 0 Å². The molecule has 8 nitrogen and oxygen atoms in total. The van der Waals surface area contributed by atoms with E-state index in [0.717, 1.165) is 0 Å². The lowest BCUT2D eigenvalue weighted by Gasteiger charge is -2.13. The minimum Gasteiger partial charge on any atom is -0.356 e. The molecule has 2 heterocycles. The standard InChI is InChI=1S/C21H22N4O4/c26-18(23-11-5-12-24-19(27)15-6-3-10-22-14-15)9-4-13-25-20(28)16-7-1-2-8-17(16)21(25)29/h1-3,6-8,10,14H,4-5,9,11-13H2,(H,23,26)(H,24,27). The van der Waals surface area contributed by atoms with Gasteiger partial charge in [0.15, 0.2) is 0 Å². The number of imide groups is 1. The van der Waals surface area contributed by atoms with E-state index < -0.39 is 0 Å². The van der Waals surface area contributed by atoms with E-state index in [1.54, 1.807) is 42.6 Å². The van der Waals surface area contributed by atoms with Crippen LogP contribution in [0, 0.1) is 0 Å². The molecule has 0 bridgehead atoms. The zero-order chi connectivity index (χ0) is 20.6. The molecule has 0 saturated carbocycles. The molecule has 0 radical (unpaired) electrons. The molecule has 150 valence electrons. The van der Waals surface area contributed by atoms with E-state index in [-0.39, 0.29) is 36.6 Å². The van der Waals surface area contributed by atoms with E-state index in [4.69, 9.17) is 0 Å². The first kappa shape index (κ1) is 20.2. The third-order valence-electron chi connectivity index (χ3n) is 4.55. The lowest BCUT2D eigenvalue weighted by Crippen LogP contribution is -2.32. The van der Waals surface area contributed by atoms with Gasteiger partial charge >= 0.3 is 0 Å². The van der Waals surface area contributed by atoms with Gasteiger partial charge in [0.05, 0.1) is 16.7 Å². The van der Waals surface area contributed by atoms with Crippen LogP contribution in [0.4, 0.5) is 0 Å². The molecule has 0 atom stereocenters. The maximum absolute atomic E-state index is 12.3. The van der Waals surface area contributed by atoms with Gasteiger partial charge in [0.2, 0.25) is 5.91 Å². The number of hydrogen-bond donors (Lipinski definition) is 2. The number of rotatable bonds is 9. The van der Waals surface area contributed by atoms with Gasteiger partial charge in [0, 0.05) is 38.4 Å². The van der Waals surface area contributed by atoms with Gasteiger partial charge in [-0.25, -0.2) is 0 Å². The summed E-state index contributed by atoms with van der Waals surface area (Å²) in [6.07, 6.45) is 4.30. The Morgan fingerprint density at radius 3 is 2.24 bits per heavy atom. The Balaban J connectivity index is 1.30. The first-order chi connectivity index (χ1) is 14.1. The monoisotopic (exact) mass is 394 g/mol. The average molecular weight is 394 g/mol. The molecule has 1 aliphatic heterocycles. The fourth-order valence-corrected chi connectivity index (χ4v) is 3.05. The quantitative estimate of drug-likeness (QED) is 0.494. The smallest absolute Gasteiger partial charge is 0.261 e. The van der Waals surface area contributed by atoms with Crippen molar-refractivity contribution >= 4 is 23.6 Å². The van der Waals surface area contributed by atoms with Crippen molar-refractivity contribution in [3.05, 3.63) is 65.5 Å². The summed E-state index contributed by atoms with van der Waals surface area (Å²) in [5, 5.41) is 5.53. The van der Waals surface area contributed by atoms with Crippen LogP contribution in [0.5, 0.6) is 0 Å². The summed E-state index contributed by atoms with van der Waals surface area (Å²) >= 11 is 0. The van der Waals surface area contributed by atoms with Crippen molar-refractivity contribution in [3.8, 4) is 0 Å². The third-order valence-corrected chi connectivity index (χ3v) is 4.55. The highest BCUT2D eigenvalue weighted by Crippen LogP contribution is 2.22. The lowest BCUT2D eigenvalue weighted by molar-refractivity contribution is -0.121. The lowest BCUT2D eigenvalue weighted by atomic mass is 10.1. The molecule has 0 fully saturated rings. The maximum atomic E-state index is 12.3. The van der Waals surface area contributed by atoms with Crippen molar-refractivity contribution in [2.45, 2.75) is 19.3 Å². The second-order valence-electron chi connectivity index (χ2n) is 6.61. The van der Waals surface area contributed by atoms with Crippen LogP contribution >= 0.6 is 0 Å². The number of carbonyl (C=O) groups is 4. The highest BCUT2D eigenvalue weighted by atomic mass is 16.2. The number of nitrogens with zero attached hydrogens (tertiary/aromatic N) is 2. The molecular weight excluding hydrogens is 372 g/mol. The van der Waals surface area contributed by atoms with Crippen molar-refractivity contribution in [3.63, 3.8) is 0 Å². The topological polar surface area (TPSA) is 108 Å². The van der Waals surface area contributed by atoms with Gasteiger partial charge in [-0.2, -0.15) is 0 Å². The Kier molecular flexibility index (Phi) is 6.67. The van der Waals surface area contributed by atoms with Gasteiger partial charge in [0.25, 0.3) is 17.7 Å². The Labute approximate surface area is 168 Å². The number of fused-ring (bicyclic) bond motifs is 1. The van der Waals surface area contributed by atoms with Crippen LogP contribution in [0.25, 0.3) is 0 Å². The minimum absolute atomic E-state index is 0.153. The highest BCUT2D eigenvalue weighted by Gasteiger charge is 2.34. The number of aromatic nitrogens is 1. The largest absolute Gasteiger partial charge is 0.356 e. The first-order valence-electron chi connectivity index (χ1n) is 9.48. The van der Waals surface area contributed by atoms with Crippen LogP contribution in [-0.4, -0.2) is 53.1 Å². The molecule has 2 N–H and O–H groups in total. The van der Waals surface area contributed by atoms with Gasteiger partial charge in [-0.05, 0) is 37.1 Å². The summed E-state index contributed by atoms with van der Waals surface area (Å²) in [4.78, 5) is 53.3. The van der Waals surface area contributed by atoms with E-state index in [1.165, 1.54) is 11.1 Å². The van der Waals surface area contributed by atoms with E-state index >= 15 is 0 Å². The van der Waals surface area contributed by atoms with Gasteiger partial charge in [-0.15, -0.1) is 0 Å². The van der Waals surface area contributed by atoms with E-state index in [0.29, 0.717) is 42.6 Å². The van der Waals surface area contributed by atoms with Crippen LogP contribution in [-0.2, 0) is 4.79 Å². The molecule has 0 saturated heterocycles. The average Bonchev–Trinajstić information content (AvgIpc) is 2.99. The molecule has 1 aromatic heterocycles. The highest BCUT2D eigenvalue weighted by molar-refractivity contribution is 6.21. The number of benzene rings is 1. The van der Waals surface area contributed by atoms with Crippen LogP contribution < -0.4 is 10.6 Å². The predicted octanol–water partition coefficient (Wildman–Crippen LogP) is 1.39. The van der Waals surface area contributed by atoms with E-state index in [9.17, 15) is 19.2 Å². The van der Waals surface area contributed by atoms with Gasteiger partial charge in [0.1, 0.15) is 0 Å². The van der Waals surface area contributed by atoms with Gasteiger partial charge < -0.3 is 10.6 Å². The summed E-state index contributed by atoms with van der Waals surface area (Å²) in [5.41, 5.74) is 1.32. The zero-order valence-electron chi connectivity index (χ0n) is 15.9. The van der Waals surface area contributed by atoms with Crippen molar-refractivity contribution in [2.75, 3.05) is 19.6 Å². The zero-order valence-corrected chi connectivity index (χ0v) is 15.9. The van der Waals surface area contributed by atoms with Gasteiger partial charge in [-0.1, -0.05) is 12.1 Å². The van der Waals surface area contributed by atoms with Crippen molar-refractivity contribution in [1.82, 2.24) is 20.5 Å². The molecule has 4 amide bonds. The Morgan fingerprint density at radius 2 is 1.59 bits per heavy atom. The minimum atomic E-state index is -0.310. The number of pyridine rings is 1. The SMILES string of the molecule is O=C(CCCN1C(=O)c2ccccc2C1=O)NCCCNC(=O)c1cccnc1. The van der Waals surface area contributed by atoms with Gasteiger partial charge in [-0.3, -0.25) is 29.1 Å². The normalized spacial score (nSPS) is 12.6. The first-order valence-corrected chi connectivity index (χ1v) is 9.48. The Morgan fingerprint density at radius 1 is 0.897 bits per heavy atom. The Bertz CT molecular complexity index is 879. The maximum Gasteiger partial charge on any atom is 0.261 e. The molecular formula is C21H22N4O4. The molecule has 0 unspecified atom stereocenters. The number of hydrogen-bond acceptors (Lipinski definition) is 5. The summed E-state index contributed by atoms with van der Waals surface area (Å²) in [5.74, 6) is -0.976. The van der Waals surface area contributed by atoms with E-state index in [2.05, 4.69) is 15.6 Å². The predicted molar refractivity (Wildman–Crippen MR) is 105 cm³/mol. The van der Waals surface area contributed by atoms with E-state index in [1.807, 2.05) is 0 Å². The summed E-state index contributed by atoms with van der Waals surface area (Å²) in [7, 11) is 0. The summed E-state index contributed by atoms with van der Waals surface area (Å²) in [6, 6.07) is 10.1. The molecule has 3 rings (SSSR count). The molecule has 1 aliphatic rings.